The van der Waals surface area contributed by atoms with Crippen molar-refractivity contribution in [2.75, 3.05) is 26.2 Å². The summed E-state index contributed by atoms with van der Waals surface area (Å²) in [6, 6.07) is 22.6. The molecule has 0 N–H and O–H groups in total. The van der Waals surface area contributed by atoms with Gasteiger partial charge < -0.3 is 4.90 Å². The van der Waals surface area contributed by atoms with Crippen LogP contribution in [0.1, 0.15) is 11.1 Å². The Hall–Kier alpha value is -3.05. The Kier molecular flexibility index (Phi) is 6.69. The fraction of sp³-hybridized carbons (Fsp3) is 0.269. The van der Waals surface area contributed by atoms with E-state index < -0.39 is 32.0 Å². The zero-order valence-corrected chi connectivity index (χ0v) is 21.2. The average Bonchev–Trinajstić information content (AvgIpc) is 2.93. The van der Waals surface area contributed by atoms with Gasteiger partial charge in [0, 0.05) is 32.7 Å². The lowest BCUT2D eigenvalue weighted by atomic mass is 9.99. The van der Waals surface area contributed by atoms with Crippen LogP contribution in [0, 0.1) is 0 Å². The van der Waals surface area contributed by atoms with E-state index in [-0.39, 0.29) is 29.4 Å². The van der Waals surface area contributed by atoms with Crippen molar-refractivity contribution in [1.82, 2.24) is 13.5 Å². The second-order valence-corrected chi connectivity index (χ2v) is 12.7. The molecule has 2 heterocycles. The number of hydrogen-bond acceptors (Lipinski definition) is 5. The number of rotatable bonds is 5. The summed E-state index contributed by atoms with van der Waals surface area (Å²) in [6.45, 7) is 0.382. The van der Waals surface area contributed by atoms with Crippen molar-refractivity contribution in [3.63, 3.8) is 0 Å². The van der Waals surface area contributed by atoms with E-state index in [0.29, 0.717) is 19.5 Å². The third-order valence-corrected chi connectivity index (χ3v) is 10.6. The van der Waals surface area contributed by atoms with Crippen LogP contribution in [0.4, 0.5) is 0 Å². The van der Waals surface area contributed by atoms with Crippen molar-refractivity contribution in [1.29, 1.82) is 0 Å². The monoisotopic (exact) mass is 525 g/mol. The van der Waals surface area contributed by atoms with Gasteiger partial charge in [0.2, 0.25) is 26.0 Å². The predicted molar refractivity (Wildman–Crippen MR) is 135 cm³/mol. The maximum atomic E-state index is 13.9. The molecule has 0 aliphatic carbocycles. The van der Waals surface area contributed by atoms with Gasteiger partial charge in [0.25, 0.3) is 0 Å². The summed E-state index contributed by atoms with van der Waals surface area (Å²) in [6.07, 6.45) is 0.659. The first-order valence-electron chi connectivity index (χ1n) is 11.8. The van der Waals surface area contributed by atoms with Gasteiger partial charge in [-0.05, 0) is 41.8 Å². The highest BCUT2D eigenvalue weighted by atomic mass is 32.2. The van der Waals surface area contributed by atoms with E-state index in [1.54, 1.807) is 41.3 Å². The minimum atomic E-state index is -4.02. The van der Waals surface area contributed by atoms with Gasteiger partial charge in [-0.3, -0.25) is 4.79 Å². The molecule has 0 spiro atoms. The summed E-state index contributed by atoms with van der Waals surface area (Å²) < 4.78 is 56.3. The van der Waals surface area contributed by atoms with E-state index in [0.717, 1.165) is 11.1 Å². The summed E-state index contributed by atoms with van der Waals surface area (Å²) in [5.74, 6) is -0.392. The quantitative estimate of drug-likeness (QED) is 0.510. The van der Waals surface area contributed by atoms with Gasteiger partial charge in [-0.15, -0.1) is 0 Å². The van der Waals surface area contributed by atoms with Gasteiger partial charge in [-0.2, -0.15) is 8.61 Å². The molecule has 0 radical (unpaired) electrons. The Morgan fingerprint density at radius 3 is 1.86 bits per heavy atom. The van der Waals surface area contributed by atoms with Gasteiger partial charge in [0.15, 0.2) is 0 Å². The Labute approximate surface area is 211 Å². The minimum Gasteiger partial charge on any atom is -0.337 e. The average molecular weight is 526 g/mol. The zero-order valence-electron chi connectivity index (χ0n) is 19.6. The highest BCUT2D eigenvalue weighted by Crippen LogP contribution is 2.28. The summed E-state index contributed by atoms with van der Waals surface area (Å²) >= 11 is 0. The molecule has 10 heteroatoms. The van der Waals surface area contributed by atoms with Gasteiger partial charge in [-0.25, -0.2) is 16.8 Å². The maximum Gasteiger partial charge on any atom is 0.243 e. The lowest BCUT2D eigenvalue weighted by molar-refractivity contribution is -0.137. The molecule has 2 aliphatic rings. The van der Waals surface area contributed by atoms with Crippen LogP contribution >= 0.6 is 0 Å². The van der Waals surface area contributed by atoms with Crippen molar-refractivity contribution in [2.45, 2.75) is 28.8 Å². The maximum absolute atomic E-state index is 13.9. The number of carbonyl (C=O) groups excluding carboxylic acids is 1. The molecule has 3 aromatic carbocycles. The van der Waals surface area contributed by atoms with Crippen molar-refractivity contribution >= 4 is 26.0 Å². The molecule has 0 saturated carbocycles. The second kappa shape index (κ2) is 9.78. The lowest BCUT2D eigenvalue weighted by Crippen LogP contribution is -2.62. The molecule has 3 aromatic rings. The van der Waals surface area contributed by atoms with Crippen LogP contribution in [0.2, 0.25) is 0 Å². The second-order valence-electron chi connectivity index (χ2n) is 8.90. The standard InChI is InChI=1S/C26H27N3O5S2/c30-26(27-16-15-21-9-7-8-10-22(21)19-27)25-20-28(35(31,32)23-11-3-1-4-12-23)17-18-29(25)36(33,34)24-13-5-2-6-14-24/h1-14,25H,15-20H2. The van der Waals surface area contributed by atoms with Crippen molar-refractivity contribution < 1.29 is 21.6 Å². The summed E-state index contributed by atoms with van der Waals surface area (Å²) in [5.41, 5.74) is 2.17. The SMILES string of the molecule is O=C(C1CN(S(=O)(=O)c2ccccc2)CCN1S(=O)(=O)c1ccccc1)N1CCc2ccccc2C1. The van der Waals surface area contributed by atoms with Gasteiger partial charge in [-0.1, -0.05) is 60.7 Å². The summed E-state index contributed by atoms with van der Waals surface area (Å²) in [4.78, 5) is 15.7. The Bertz CT molecular complexity index is 1460. The van der Waals surface area contributed by atoms with E-state index in [1.807, 2.05) is 24.3 Å². The molecule has 1 amide bonds. The number of piperazine rings is 1. The van der Waals surface area contributed by atoms with Crippen LogP contribution in [0.15, 0.2) is 94.7 Å². The first kappa shape index (κ1) is 24.6. The molecule has 1 unspecified atom stereocenters. The molecule has 36 heavy (non-hydrogen) atoms. The predicted octanol–water partition coefficient (Wildman–Crippen LogP) is 2.34. The molecule has 0 aromatic heterocycles. The van der Waals surface area contributed by atoms with Crippen molar-refractivity contribution in [2.24, 2.45) is 0 Å². The number of benzene rings is 3. The number of carbonyl (C=O) groups is 1. The largest absolute Gasteiger partial charge is 0.337 e. The number of hydrogen-bond donors (Lipinski definition) is 0. The van der Waals surface area contributed by atoms with Crippen LogP contribution in [-0.2, 0) is 37.8 Å². The van der Waals surface area contributed by atoms with Crippen LogP contribution in [0.3, 0.4) is 0 Å². The first-order valence-corrected chi connectivity index (χ1v) is 14.6. The molecular formula is C26H27N3O5S2. The third kappa shape index (κ3) is 4.57. The van der Waals surface area contributed by atoms with E-state index in [2.05, 4.69) is 0 Å². The number of nitrogens with zero attached hydrogens (tertiary/aromatic N) is 3. The molecule has 188 valence electrons. The van der Waals surface area contributed by atoms with Crippen molar-refractivity contribution in [3.05, 3.63) is 96.1 Å². The van der Waals surface area contributed by atoms with Crippen LogP contribution in [0.5, 0.6) is 0 Å². The Balaban J connectivity index is 1.49. The van der Waals surface area contributed by atoms with Gasteiger partial charge in [0.05, 0.1) is 9.79 Å². The van der Waals surface area contributed by atoms with Crippen LogP contribution < -0.4 is 0 Å². The molecule has 2 aliphatic heterocycles. The lowest BCUT2D eigenvalue weighted by Gasteiger charge is -2.41. The molecule has 8 nitrogen and oxygen atoms in total. The molecule has 1 fully saturated rings. The fourth-order valence-corrected chi connectivity index (χ4v) is 7.86. The Morgan fingerprint density at radius 1 is 0.667 bits per heavy atom. The Morgan fingerprint density at radius 2 is 1.22 bits per heavy atom. The van der Waals surface area contributed by atoms with Gasteiger partial charge in [0.1, 0.15) is 6.04 Å². The topological polar surface area (TPSA) is 95.1 Å². The molecular weight excluding hydrogens is 498 g/mol. The summed E-state index contributed by atoms with van der Waals surface area (Å²) in [5, 5.41) is 0. The summed E-state index contributed by atoms with van der Waals surface area (Å²) in [7, 11) is -7.92. The first-order chi connectivity index (χ1) is 17.3. The molecule has 1 atom stereocenters. The molecule has 1 saturated heterocycles. The number of amides is 1. The van der Waals surface area contributed by atoms with E-state index in [9.17, 15) is 21.6 Å². The minimum absolute atomic E-state index is 0.0457. The van der Waals surface area contributed by atoms with Crippen molar-refractivity contribution in [3.8, 4) is 0 Å². The zero-order chi connectivity index (χ0) is 25.3. The highest BCUT2D eigenvalue weighted by molar-refractivity contribution is 7.89. The molecule has 5 rings (SSSR count). The third-order valence-electron chi connectivity index (χ3n) is 6.75. The highest BCUT2D eigenvalue weighted by Gasteiger charge is 2.45. The van der Waals surface area contributed by atoms with E-state index in [4.69, 9.17) is 0 Å². The normalized spacial score (nSPS) is 19.6. The van der Waals surface area contributed by atoms with Crippen LogP contribution in [-0.4, -0.2) is 68.5 Å². The number of fused-ring (bicyclic) bond motifs is 1. The van der Waals surface area contributed by atoms with E-state index >= 15 is 0 Å². The fourth-order valence-electron chi connectivity index (χ4n) is 4.81. The van der Waals surface area contributed by atoms with Crippen LogP contribution in [0.25, 0.3) is 0 Å². The van der Waals surface area contributed by atoms with Gasteiger partial charge >= 0.3 is 0 Å². The molecule has 0 bridgehead atoms. The number of sulfonamides is 2. The smallest absolute Gasteiger partial charge is 0.243 e. The van der Waals surface area contributed by atoms with E-state index in [1.165, 1.54) is 32.9 Å².